The van der Waals surface area contributed by atoms with Crippen molar-refractivity contribution in [2.45, 2.75) is 56.6 Å². The fourth-order valence-corrected chi connectivity index (χ4v) is 1.95. The number of aliphatic hydroxyl groups is 1. The maximum atomic E-state index is 10.1. The molecule has 1 rings (SSSR count). The summed E-state index contributed by atoms with van der Waals surface area (Å²) in [5.74, 6) is 2.60. The second-order valence-electron chi connectivity index (χ2n) is 4.12. The Bertz CT molecular complexity index is 187. The van der Waals surface area contributed by atoms with Crippen molar-refractivity contribution in [3.8, 4) is 12.3 Å². The number of unbranched alkanes of at least 4 members (excludes halogenated alkanes) is 1. The van der Waals surface area contributed by atoms with Crippen LogP contribution in [0.3, 0.4) is 0 Å². The Morgan fingerprint density at radius 3 is 2.62 bits per heavy atom. The minimum atomic E-state index is -0.466. The highest BCUT2D eigenvalue weighted by Crippen LogP contribution is 2.31. The molecule has 0 radical (unpaired) electrons. The maximum absolute atomic E-state index is 10.1. The van der Waals surface area contributed by atoms with Gasteiger partial charge in [-0.05, 0) is 38.5 Å². The lowest BCUT2D eigenvalue weighted by Crippen LogP contribution is -2.38. The standard InChI is InChI=1S/C11H19NO/c1-2-3-4-7-11(13)8-5-10(12)6-9-11/h1,10,13H,3-9,12H2. The Labute approximate surface area is 80.5 Å². The SMILES string of the molecule is C#CCCCC1(O)CCC(N)CC1. The van der Waals surface area contributed by atoms with Gasteiger partial charge in [-0.25, -0.2) is 0 Å². The molecule has 74 valence electrons. The molecule has 0 aromatic rings. The third kappa shape index (κ3) is 3.38. The zero-order valence-electron chi connectivity index (χ0n) is 8.13. The van der Waals surface area contributed by atoms with Crippen LogP contribution in [0.4, 0.5) is 0 Å². The van der Waals surface area contributed by atoms with Crippen molar-refractivity contribution >= 4 is 0 Å². The summed E-state index contributed by atoms with van der Waals surface area (Å²) < 4.78 is 0. The smallest absolute Gasteiger partial charge is 0.0649 e. The van der Waals surface area contributed by atoms with Gasteiger partial charge in [0.25, 0.3) is 0 Å². The third-order valence-electron chi connectivity index (χ3n) is 2.92. The van der Waals surface area contributed by atoms with Crippen LogP contribution in [0.2, 0.25) is 0 Å². The molecule has 13 heavy (non-hydrogen) atoms. The summed E-state index contributed by atoms with van der Waals surface area (Å²) >= 11 is 0. The van der Waals surface area contributed by atoms with Gasteiger partial charge in [-0.15, -0.1) is 12.3 Å². The van der Waals surface area contributed by atoms with Gasteiger partial charge in [0.2, 0.25) is 0 Å². The van der Waals surface area contributed by atoms with Crippen LogP contribution in [0.5, 0.6) is 0 Å². The zero-order chi connectivity index (χ0) is 9.73. The Morgan fingerprint density at radius 2 is 2.08 bits per heavy atom. The molecule has 1 aliphatic rings. The van der Waals surface area contributed by atoms with Gasteiger partial charge in [-0.1, -0.05) is 0 Å². The van der Waals surface area contributed by atoms with Crippen LogP contribution < -0.4 is 5.73 Å². The van der Waals surface area contributed by atoms with E-state index in [1.54, 1.807) is 0 Å². The van der Waals surface area contributed by atoms with Crippen LogP contribution >= 0.6 is 0 Å². The molecule has 1 saturated carbocycles. The summed E-state index contributed by atoms with van der Waals surface area (Å²) in [6.45, 7) is 0. The van der Waals surface area contributed by atoms with E-state index in [2.05, 4.69) is 5.92 Å². The normalized spacial score (nSPS) is 34.1. The van der Waals surface area contributed by atoms with Gasteiger partial charge in [0.15, 0.2) is 0 Å². The third-order valence-corrected chi connectivity index (χ3v) is 2.92. The van der Waals surface area contributed by atoms with E-state index in [4.69, 9.17) is 12.2 Å². The minimum Gasteiger partial charge on any atom is -0.390 e. The fraction of sp³-hybridized carbons (Fsp3) is 0.818. The molecule has 2 nitrogen and oxygen atoms in total. The average molecular weight is 181 g/mol. The summed E-state index contributed by atoms with van der Waals surface area (Å²) in [6.07, 6.45) is 11.3. The molecule has 1 fully saturated rings. The first-order chi connectivity index (χ1) is 6.16. The Morgan fingerprint density at radius 1 is 1.46 bits per heavy atom. The number of hydrogen-bond acceptors (Lipinski definition) is 2. The number of terminal acetylenes is 1. The minimum absolute atomic E-state index is 0.299. The van der Waals surface area contributed by atoms with Crippen LogP contribution in [0.1, 0.15) is 44.9 Å². The molecular formula is C11H19NO. The van der Waals surface area contributed by atoms with Crippen molar-refractivity contribution in [1.82, 2.24) is 0 Å². The van der Waals surface area contributed by atoms with E-state index in [-0.39, 0.29) is 0 Å². The largest absolute Gasteiger partial charge is 0.390 e. The number of hydrogen-bond donors (Lipinski definition) is 2. The Kier molecular flexibility index (Phi) is 3.77. The van der Waals surface area contributed by atoms with Crippen LogP contribution in [-0.4, -0.2) is 16.7 Å². The molecule has 1 aliphatic carbocycles. The first-order valence-corrected chi connectivity index (χ1v) is 5.08. The second kappa shape index (κ2) is 4.64. The molecule has 0 spiro atoms. The molecule has 3 N–H and O–H groups in total. The van der Waals surface area contributed by atoms with E-state index in [9.17, 15) is 5.11 Å². The second-order valence-corrected chi connectivity index (χ2v) is 4.12. The van der Waals surface area contributed by atoms with Crippen LogP contribution in [-0.2, 0) is 0 Å². The van der Waals surface area contributed by atoms with Gasteiger partial charge >= 0.3 is 0 Å². The number of nitrogens with two attached hydrogens (primary N) is 1. The van der Waals surface area contributed by atoms with Gasteiger partial charge in [0.05, 0.1) is 5.60 Å². The average Bonchev–Trinajstić information content (AvgIpc) is 2.12. The topological polar surface area (TPSA) is 46.2 Å². The summed E-state index contributed by atoms with van der Waals surface area (Å²) in [5.41, 5.74) is 5.30. The molecule has 0 bridgehead atoms. The zero-order valence-corrected chi connectivity index (χ0v) is 8.13. The predicted molar refractivity (Wildman–Crippen MR) is 54.1 cm³/mol. The van der Waals surface area contributed by atoms with Crippen LogP contribution in [0.25, 0.3) is 0 Å². The van der Waals surface area contributed by atoms with Crippen molar-refractivity contribution in [2.75, 3.05) is 0 Å². The molecule has 0 atom stereocenters. The van der Waals surface area contributed by atoms with Gasteiger partial charge in [0, 0.05) is 12.5 Å². The molecule has 0 unspecified atom stereocenters. The highest BCUT2D eigenvalue weighted by Gasteiger charge is 2.30. The van der Waals surface area contributed by atoms with E-state index >= 15 is 0 Å². The van der Waals surface area contributed by atoms with Crippen molar-refractivity contribution in [2.24, 2.45) is 5.73 Å². The maximum Gasteiger partial charge on any atom is 0.0649 e. The summed E-state index contributed by atoms with van der Waals surface area (Å²) in [5, 5.41) is 10.1. The van der Waals surface area contributed by atoms with E-state index in [1.165, 1.54) is 0 Å². The lowest BCUT2D eigenvalue weighted by molar-refractivity contribution is -0.00906. The van der Waals surface area contributed by atoms with Crippen molar-refractivity contribution in [3.63, 3.8) is 0 Å². The monoisotopic (exact) mass is 181 g/mol. The molecule has 0 heterocycles. The van der Waals surface area contributed by atoms with Gasteiger partial charge in [-0.2, -0.15) is 0 Å². The van der Waals surface area contributed by atoms with Gasteiger partial charge in [-0.3, -0.25) is 0 Å². The van der Waals surface area contributed by atoms with Crippen molar-refractivity contribution in [1.29, 1.82) is 0 Å². The summed E-state index contributed by atoms with van der Waals surface area (Å²) in [6, 6.07) is 0.299. The summed E-state index contributed by atoms with van der Waals surface area (Å²) in [4.78, 5) is 0. The quantitative estimate of drug-likeness (QED) is 0.511. The van der Waals surface area contributed by atoms with Crippen molar-refractivity contribution in [3.05, 3.63) is 0 Å². The van der Waals surface area contributed by atoms with E-state index < -0.39 is 5.60 Å². The molecular weight excluding hydrogens is 162 g/mol. The molecule has 0 aromatic carbocycles. The lowest BCUT2D eigenvalue weighted by Gasteiger charge is -2.34. The predicted octanol–water partition coefficient (Wildman–Crippen LogP) is 1.42. The van der Waals surface area contributed by atoms with Gasteiger partial charge in [0.1, 0.15) is 0 Å². The van der Waals surface area contributed by atoms with Crippen LogP contribution in [0, 0.1) is 12.3 Å². The Balaban J connectivity index is 2.27. The highest BCUT2D eigenvalue weighted by molar-refractivity contribution is 4.89. The van der Waals surface area contributed by atoms with E-state index in [0.717, 1.165) is 44.9 Å². The van der Waals surface area contributed by atoms with Crippen LogP contribution in [0.15, 0.2) is 0 Å². The lowest BCUT2D eigenvalue weighted by atomic mass is 9.79. The fourth-order valence-electron chi connectivity index (χ4n) is 1.95. The van der Waals surface area contributed by atoms with Crippen molar-refractivity contribution < 1.29 is 5.11 Å². The molecule has 0 amide bonds. The first-order valence-electron chi connectivity index (χ1n) is 5.08. The van der Waals surface area contributed by atoms with E-state index in [1.807, 2.05) is 0 Å². The molecule has 0 aromatic heterocycles. The molecule has 0 aliphatic heterocycles. The molecule has 0 saturated heterocycles. The summed E-state index contributed by atoms with van der Waals surface area (Å²) in [7, 11) is 0. The van der Waals surface area contributed by atoms with Gasteiger partial charge < -0.3 is 10.8 Å². The Hall–Kier alpha value is -0.520. The highest BCUT2D eigenvalue weighted by atomic mass is 16.3. The molecule has 2 heteroatoms. The van der Waals surface area contributed by atoms with E-state index in [0.29, 0.717) is 6.04 Å². The number of rotatable bonds is 3. The first kappa shape index (κ1) is 10.6.